The maximum atomic E-state index is 12.3. The maximum absolute atomic E-state index is 12.3. The average Bonchev–Trinajstić information content (AvgIpc) is 3.30. The maximum Gasteiger partial charge on any atom is 0.287 e. The van der Waals surface area contributed by atoms with Crippen LogP contribution in [0, 0.1) is 0 Å². The van der Waals surface area contributed by atoms with Gasteiger partial charge in [-0.25, -0.2) is 0 Å². The third kappa shape index (κ3) is 4.51. The third-order valence-electron chi connectivity index (χ3n) is 4.74. The topological polar surface area (TPSA) is 71.5 Å². The lowest BCUT2D eigenvalue weighted by Crippen LogP contribution is -2.32. The van der Waals surface area contributed by atoms with Crippen LogP contribution in [0.5, 0.6) is 0 Å². The largest absolute Gasteiger partial charge is 0.454 e. The highest BCUT2D eigenvalue weighted by Gasteiger charge is 2.22. The molecule has 6 heteroatoms. The fourth-order valence-corrected chi connectivity index (χ4v) is 3.25. The van der Waals surface area contributed by atoms with Crippen LogP contribution >= 0.6 is 0 Å². The highest BCUT2D eigenvalue weighted by atomic mass is 16.5. The van der Waals surface area contributed by atoms with E-state index in [1.165, 1.54) is 19.3 Å². The number of hydrogen-bond donors (Lipinski definition) is 1. The van der Waals surface area contributed by atoms with Crippen LogP contribution in [0.1, 0.15) is 73.3 Å². The molecule has 25 heavy (non-hydrogen) atoms. The van der Waals surface area contributed by atoms with Crippen LogP contribution in [-0.2, 0) is 13.0 Å². The standard InChI is InChI=1S/C19H27N3O3/c1-3-7-15-12-16(25-21-15)13-20-19(23)18-9-8-17(24-18)14(2)22-10-5-4-6-11-22/h8-9,12,14H,3-7,10-11,13H2,1-2H3,(H,20,23)/t14-/m1/s1. The summed E-state index contributed by atoms with van der Waals surface area (Å²) in [5.74, 6) is 1.61. The van der Waals surface area contributed by atoms with E-state index in [1.807, 2.05) is 12.1 Å². The van der Waals surface area contributed by atoms with Crippen molar-refractivity contribution >= 4 is 5.91 Å². The summed E-state index contributed by atoms with van der Waals surface area (Å²) in [5, 5.41) is 6.80. The van der Waals surface area contributed by atoms with Gasteiger partial charge in [-0.2, -0.15) is 0 Å². The first-order valence-electron chi connectivity index (χ1n) is 9.24. The molecule has 1 aliphatic heterocycles. The molecule has 3 heterocycles. The van der Waals surface area contributed by atoms with Crippen LogP contribution in [0.25, 0.3) is 0 Å². The monoisotopic (exact) mass is 345 g/mol. The minimum absolute atomic E-state index is 0.202. The van der Waals surface area contributed by atoms with Crippen molar-refractivity contribution in [3.63, 3.8) is 0 Å². The number of carbonyl (C=O) groups is 1. The Hall–Kier alpha value is -2.08. The van der Waals surface area contributed by atoms with Gasteiger partial charge in [-0.05, 0) is 51.4 Å². The van der Waals surface area contributed by atoms with E-state index < -0.39 is 0 Å². The Labute approximate surface area is 148 Å². The zero-order valence-corrected chi connectivity index (χ0v) is 15.1. The number of rotatable bonds is 7. The second kappa shape index (κ2) is 8.34. The highest BCUT2D eigenvalue weighted by Crippen LogP contribution is 2.25. The van der Waals surface area contributed by atoms with Crippen molar-refractivity contribution in [2.75, 3.05) is 13.1 Å². The Kier molecular flexibility index (Phi) is 5.91. The van der Waals surface area contributed by atoms with E-state index >= 15 is 0 Å². The molecule has 0 spiro atoms. The van der Waals surface area contributed by atoms with Gasteiger partial charge < -0.3 is 14.3 Å². The van der Waals surface area contributed by atoms with E-state index in [9.17, 15) is 4.79 Å². The summed E-state index contributed by atoms with van der Waals surface area (Å²) in [6.45, 7) is 6.72. The van der Waals surface area contributed by atoms with E-state index in [0.29, 0.717) is 18.1 Å². The van der Waals surface area contributed by atoms with Crippen molar-refractivity contribution in [2.45, 2.75) is 58.5 Å². The van der Waals surface area contributed by atoms with E-state index in [1.54, 1.807) is 6.07 Å². The normalized spacial score (nSPS) is 16.7. The summed E-state index contributed by atoms with van der Waals surface area (Å²) in [5.41, 5.74) is 0.919. The first-order valence-corrected chi connectivity index (χ1v) is 9.24. The predicted octanol–water partition coefficient (Wildman–Crippen LogP) is 3.70. The second-order valence-electron chi connectivity index (χ2n) is 6.69. The fraction of sp³-hybridized carbons (Fsp3) is 0.579. The molecule has 1 atom stereocenters. The van der Waals surface area contributed by atoms with Gasteiger partial charge in [-0.15, -0.1) is 0 Å². The summed E-state index contributed by atoms with van der Waals surface area (Å²) < 4.78 is 11.0. The summed E-state index contributed by atoms with van der Waals surface area (Å²) in [4.78, 5) is 14.7. The molecule has 1 aliphatic rings. The minimum Gasteiger partial charge on any atom is -0.454 e. The number of nitrogens with one attached hydrogen (secondary N) is 1. The van der Waals surface area contributed by atoms with Crippen LogP contribution in [-0.4, -0.2) is 29.1 Å². The van der Waals surface area contributed by atoms with Crippen molar-refractivity contribution in [3.05, 3.63) is 41.2 Å². The number of carbonyl (C=O) groups excluding carboxylic acids is 1. The molecule has 0 radical (unpaired) electrons. The lowest BCUT2D eigenvalue weighted by molar-refractivity contribution is 0.0910. The van der Waals surface area contributed by atoms with Gasteiger partial charge in [0.05, 0.1) is 18.3 Å². The van der Waals surface area contributed by atoms with Gasteiger partial charge >= 0.3 is 0 Å². The number of hydrogen-bond acceptors (Lipinski definition) is 5. The fourth-order valence-electron chi connectivity index (χ4n) is 3.25. The first kappa shape index (κ1) is 17.7. The van der Waals surface area contributed by atoms with Crippen molar-refractivity contribution in [3.8, 4) is 0 Å². The molecule has 2 aromatic heterocycles. The average molecular weight is 345 g/mol. The lowest BCUT2D eigenvalue weighted by atomic mass is 10.1. The van der Waals surface area contributed by atoms with Crippen LogP contribution in [0.4, 0.5) is 0 Å². The summed E-state index contributed by atoms with van der Waals surface area (Å²) in [6, 6.07) is 5.74. The number of aromatic nitrogens is 1. The van der Waals surface area contributed by atoms with E-state index in [0.717, 1.165) is 37.4 Å². The van der Waals surface area contributed by atoms with Gasteiger partial charge in [0.1, 0.15) is 5.76 Å². The van der Waals surface area contributed by atoms with Crippen molar-refractivity contribution in [2.24, 2.45) is 0 Å². The lowest BCUT2D eigenvalue weighted by Gasteiger charge is -2.31. The zero-order valence-electron chi connectivity index (χ0n) is 15.1. The number of aryl methyl sites for hydroxylation is 1. The molecular formula is C19H27N3O3. The minimum atomic E-state index is -0.231. The van der Waals surface area contributed by atoms with Crippen molar-refractivity contribution in [1.82, 2.24) is 15.4 Å². The van der Waals surface area contributed by atoms with Crippen molar-refractivity contribution < 1.29 is 13.7 Å². The second-order valence-corrected chi connectivity index (χ2v) is 6.69. The Morgan fingerprint density at radius 2 is 2.12 bits per heavy atom. The van der Waals surface area contributed by atoms with Crippen LogP contribution < -0.4 is 5.32 Å². The number of likely N-dealkylation sites (tertiary alicyclic amines) is 1. The summed E-state index contributed by atoms with van der Waals surface area (Å²) in [7, 11) is 0. The number of piperidine rings is 1. The predicted molar refractivity (Wildman–Crippen MR) is 94.2 cm³/mol. The zero-order chi connectivity index (χ0) is 17.6. The molecule has 1 amide bonds. The molecular weight excluding hydrogens is 318 g/mol. The van der Waals surface area contributed by atoms with Gasteiger partial charge in [0, 0.05) is 6.07 Å². The van der Waals surface area contributed by atoms with Gasteiger partial charge in [0.2, 0.25) is 0 Å². The van der Waals surface area contributed by atoms with Gasteiger partial charge in [0.15, 0.2) is 11.5 Å². The SMILES string of the molecule is CCCc1cc(CNC(=O)c2ccc([C@@H](C)N3CCCCC3)o2)on1. The molecule has 1 saturated heterocycles. The smallest absolute Gasteiger partial charge is 0.287 e. The van der Waals surface area contributed by atoms with Crippen LogP contribution in [0.15, 0.2) is 27.1 Å². The van der Waals surface area contributed by atoms with E-state index in [4.69, 9.17) is 8.94 Å². The molecule has 0 unspecified atom stereocenters. The molecule has 0 saturated carbocycles. The number of furan rings is 1. The Balaban J connectivity index is 1.54. The molecule has 0 bridgehead atoms. The molecule has 3 rings (SSSR count). The molecule has 0 aromatic carbocycles. The van der Waals surface area contributed by atoms with Gasteiger partial charge in [-0.1, -0.05) is 24.9 Å². The van der Waals surface area contributed by atoms with Gasteiger partial charge in [0.25, 0.3) is 5.91 Å². The summed E-state index contributed by atoms with van der Waals surface area (Å²) >= 11 is 0. The van der Waals surface area contributed by atoms with Crippen LogP contribution in [0.2, 0.25) is 0 Å². The summed E-state index contributed by atoms with van der Waals surface area (Å²) in [6.07, 6.45) is 5.66. The number of nitrogens with zero attached hydrogens (tertiary/aromatic N) is 2. The van der Waals surface area contributed by atoms with E-state index in [-0.39, 0.29) is 11.9 Å². The Bertz CT molecular complexity index is 686. The molecule has 136 valence electrons. The molecule has 0 aliphatic carbocycles. The molecule has 6 nitrogen and oxygen atoms in total. The highest BCUT2D eigenvalue weighted by molar-refractivity contribution is 5.91. The quantitative estimate of drug-likeness (QED) is 0.828. The van der Waals surface area contributed by atoms with Crippen molar-refractivity contribution in [1.29, 1.82) is 0 Å². The van der Waals surface area contributed by atoms with Gasteiger partial charge in [-0.3, -0.25) is 9.69 Å². The molecule has 1 fully saturated rings. The Morgan fingerprint density at radius 1 is 1.32 bits per heavy atom. The number of amides is 1. The van der Waals surface area contributed by atoms with Crippen LogP contribution in [0.3, 0.4) is 0 Å². The Morgan fingerprint density at radius 3 is 2.88 bits per heavy atom. The first-order chi connectivity index (χ1) is 12.2. The van der Waals surface area contributed by atoms with E-state index in [2.05, 4.69) is 29.2 Å². The third-order valence-corrected chi connectivity index (χ3v) is 4.74. The molecule has 1 N–H and O–H groups in total. The molecule has 2 aromatic rings.